The summed E-state index contributed by atoms with van der Waals surface area (Å²) >= 11 is 0. The van der Waals surface area contributed by atoms with Gasteiger partial charge in [-0.2, -0.15) is 5.26 Å². The molecule has 1 N–H and O–H groups in total. The predicted octanol–water partition coefficient (Wildman–Crippen LogP) is 9.66. The van der Waals surface area contributed by atoms with Crippen molar-refractivity contribution in [2.75, 3.05) is 4.90 Å². The maximum Gasteiger partial charge on any atom is 0.346 e. The van der Waals surface area contributed by atoms with E-state index in [2.05, 4.69) is 123 Å². The van der Waals surface area contributed by atoms with Crippen LogP contribution in [0.2, 0.25) is 0 Å². The molecule has 0 heterocycles. The van der Waals surface area contributed by atoms with Crippen LogP contribution in [0.5, 0.6) is 0 Å². The smallest absolute Gasteiger partial charge is 0.346 e. The van der Waals surface area contributed by atoms with Gasteiger partial charge in [0.2, 0.25) is 0 Å². The molecule has 0 unspecified atom stereocenters. The van der Waals surface area contributed by atoms with E-state index in [0.717, 1.165) is 44.9 Å². The maximum absolute atomic E-state index is 11.3. The van der Waals surface area contributed by atoms with E-state index in [1.807, 2.05) is 30.3 Å². The molecule has 0 atom stereocenters. The number of carboxylic acid groups (broad SMARTS) is 1. The average molecular weight is 561 g/mol. The molecule has 5 aromatic carbocycles. The lowest BCUT2D eigenvalue weighted by Gasteiger charge is -2.27. The van der Waals surface area contributed by atoms with Gasteiger partial charge in [0.15, 0.2) is 0 Å². The van der Waals surface area contributed by atoms with Crippen LogP contribution in [0.25, 0.3) is 17.7 Å². The molecule has 43 heavy (non-hydrogen) atoms. The molecule has 0 aliphatic carbocycles. The Morgan fingerprint density at radius 2 is 1.21 bits per heavy atom. The van der Waals surface area contributed by atoms with Crippen molar-refractivity contribution in [3.05, 3.63) is 166 Å². The van der Waals surface area contributed by atoms with Crippen molar-refractivity contribution in [3.8, 4) is 6.07 Å². The summed E-state index contributed by atoms with van der Waals surface area (Å²) in [6, 6.07) is 43.2. The van der Waals surface area contributed by atoms with Crippen molar-refractivity contribution in [2.24, 2.45) is 0 Å². The molecule has 0 radical (unpaired) electrons. The molecule has 210 valence electrons. The molecule has 0 spiro atoms. The molecule has 0 amide bonds. The van der Waals surface area contributed by atoms with Gasteiger partial charge >= 0.3 is 5.97 Å². The zero-order chi connectivity index (χ0) is 30.3. The van der Waals surface area contributed by atoms with E-state index in [0.29, 0.717) is 5.56 Å². The van der Waals surface area contributed by atoms with Crippen molar-refractivity contribution in [1.82, 2.24) is 0 Å². The zero-order valence-electron chi connectivity index (χ0n) is 24.5. The second-order valence-electron chi connectivity index (χ2n) is 10.6. The summed E-state index contributed by atoms with van der Waals surface area (Å²) in [4.78, 5) is 13.5. The Morgan fingerprint density at radius 1 is 0.674 bits per heavy atom. The van der Waals surface area contributed by atoms with E-state index in [4.69, 9.17) is 5.26 Å². The van der Waals surface area contributed by atoms with Gasteiger partial charge < -0.3 is 10.0 Å². The lowest BCUT2D eigenvalue weighted by molar-refractivity contribution is -0.132. The number of nitriles is 1. The van der Waals surface area contributed by atoms with Crippen LogP contribution in [0, 0.1) is 32.1 Å². The average Bonchev–Trinajstić information content (AvgIpc) is 3.02. The van der Waals surface area contributed by atoms with Crippen LogP contribution in [0.3, 0.4) is 0 Å². The Morgan fingerprint density at radius 3 is 1.74 bits per heavy atom. The van der Waals surface area contributed by atoms with Gasteiger partial charge in [-0.3, -0.25) is 0 Å². The number of carbonyl (C=O) groups is 1. The highest BCUT2D eigenvalue weighted by atomic mass is 16.4. The number of rotatable bonds is 8. The summed E-state index contributed by atoms with van der Waals surface area (Å²) < 4.78 is 0. The van der Waals surface area contributed by atoms with Gasteiger partial charge in [-0.05, 0) is 96.6 Å². The molecule has 0 fully saturated rings. The highest BCUT2D eigenvalue weighted by Gasteiger charge is 2.15. The first-order valence-electron chi connectivity index (χ1n) is 14.1. The predicted molar refractivity (Wildman–Crippen MR) is 176 cm³/mol. The third-order valence-electron chi connectivity index (χ3n) is 7.32. The van der Waals surface area contributed by atoms with Crippen molar-refractivity contribution in [2.45, 2.75) is 20.8 Å². The Bertz CT molecular complexity index is 1840. The molecule has 0 saturated heterocycles. The van der Waals surface area contributed by atoms with Crippen LogP contribution in [-0.4, -0.2) is 11.1 Å². The molecule has 0 saturated carbocycles. The molecule has 4 heteroatoms. The minimum absolute atomic E-state index is 0.303. The monoisotopic (exact) mass is 560 g/mol. The van der Waals surface area contributed by atoms with E-state index in [1.165, 1.54) is 17.2 Å². The van der Waals surface area contributed by atoms with Crippen LogP contribution in [0.1, 0.15) is 38.9 Å². The Hall–Kier alpha value is -5.66. The number of benzene rings is 5. The Labute approximate surface area is 253 Å². The van der Waals surface area contributed by atoms with E-state index in [9.17, 15) is 9.90 Å². The summed E-state index contributed by atoms with van der Waals surface area (Å²) in [6.07, 6.45) is 3.61. The highest BCUT2D eigenvalue weighted by Crippen LogP contribution is 2.37. The number of carboxylic acids is 1. The summed E-state index contributed by atoms with van der Waals surface area (Å²) in [5, 5.41) is 18.4. The molecule has 0 aliphatic rings. The third kappa shape index (κ3) is 6.81. The molecular weight excluding hydrogens is 528 g/mol. The number of aliphatic carboxylic acids is 1. The zero-order valence-corrected chi connectivity index (χ0v) is 24.5. The van der Waals surface area contributed by atoms with Gasteiger partial charge in [0, 0.05) is 17.1 Å². The first-order chi connectivity index (χ1) is 20.8. The van der Waals surface area contributed by atoms with Gasteiger partial charge in [0.1, 0.15) is 11.6 Å². The molecule has 5 aromatic rings. The number of anilines is 3. The Balaban J connectivity index is 1.56. The van der Waals surface area contributed by atoms with Crippen LogP contribution in [-0.2, 0) is 4.79 Å². The maximum atomic E-state index is 11.3. The molecular formula is C39H32N2O2. The lowest BCUT2D eigenvalue weighted by atomic mass is 9.95. The first-order valence-corrected chi connectivity index (χ1v) is 14.1. The van der Waals surface area contributed by atoms with Gasteiger partial charge in [0.25, 0.3) is 0 Å². The molecule has 0 bridgehead atoms. The summed E-state index contributed by atoms with van der Waals surface area (Å²) in [6.45, 7) is 6.28. The van der Waals surface area contributed by atoms with Crippen LogP contribution in [0.4, 0.5) is 17.1 Å². The van der Waals surface area contributed by atoms with Gasteiger partial charge in [0.05, 0.1) is 0 Å². The Kier molecular flexibility index (Phi) is 8.65. The van der Waals surface area contributed by atoms with Crippen molar-refractivity contribution in [1.29, 1.82) is 5.26 Å². The largest absolute Gasteiger partial charge is 0.477 e. The fourth-order valence-electron chi connectivity index (χ4n) is 5.08. The molecule has 0 aliphatic heterocycles. The van der Waals surface area contributed by atoms with Crippen molar-refractivity contribution in [3.63, 3.8) is 0 Å². The quantitative estimate of drug-likeness (QED) is 0.117. The van der Waals surface area contributed by atoms with Crippen molar-refractivity contribution < 1.29 is 9.90 Å². The first kappa shape index (κ1) is 28.9. The number of hydrogen-bond donors (Lipinski definition) is 1. The normalized spacial score (nSPS) is 11.6. The molecule has 0 aromatic heterocycles. The second-order valence-corrected chi connectivity index (χ2v) is 10.6. The fourth-order valence-corrected chi connectivity index (χ4v) is 5.08. The van der Waals surface area contributed by atoms with E-state index in [1.54, 1.807) is 6.07 Å². The lowest BCUT2D eigenvalue weighted by Crippen LogP contribution is -2.11. The standard InChI is InChI=1S/C39H32N2O2/c1-27-9-16-33(17-10-27)37(32-7-5-4-6-8-32)25-31-14-20-36(21-15-31)41(38-22-11-28(2)23-29(38)3)35-18-12-30(13-19-35)24-34(26-40)39(42)43/h4-25H,1-3H3,(H,42,43)/b34-24-,37-25-. The minimum Gasteiger partial charge on any atom is -0.477 e. The summed E-state index contributed by atoms with van der Waals surface area (Å²) in [5.74, 6) is -1.24. The van der Waals surface area contributed by atoms with Crippen molar-refractivity contribution >= 4 is 40.8 Å². The van der Waals surface area contributed by atoms with E-state index >= 15 is 0 Å². The van der Waals surface area contributed by atoms with Crippen LogP contribution >= 0.6 is 0 Å². The molecule has 5 rings (SSSR count). The fraction of sp³-hybridized carbons (Fsp3) is 0.0769. The van der Waals surface area contributed by atoms with E-state index < -0.39 is 5.97 Å². The number of nitrogens with zero attached hydrogens (tertiary/aromatic N) is 2. The van der Waals surface area contributed by atoms with Crippen LogP contribution < -0.4 is 4.90 Å². The summed E-state index contributed by atoms with van der Waals surface area (Å²) in [7, 11) is 0. The summed E-state index contributed by atoms with van der Waals surface area (Å²) in [5.41, 5.74) is 11.4. The number of aryl methyl sites for hydroxylation is 3. The van der Waals surface area contributed by atoms with Crippen LogP contribution in [0.15, 0.2) is 127 Å². The minimum atomic E-state index is -1.24. The van der Waals surface area contributed by atoms with Gasteiger partial charge in [-0.25, -0.2) is 4.79 Å². The topological polar surface area (TPSA) is 64.3 Å². The number of hydrogen-bond acceptors (Lipinski definition) is 3. The third-order valence-corrected chi connectivity index (χ3v) is 7.32. The SMILES string of the molecule is Cc1ccc(/C(=C\c2ccc(N(c3ccc(/C=C(/C#N)C(=O)O)cc3)c3ccc(C)cc3C)cc2)c2ccccc2)cc1. The second kappa shape index (κ2) is 12.9. The van der Waals surface area contributed by atoms with E-state index in [-0.39, 0.29) is 5.57 Å². The highest BCUT2D eigenvalue weighted by molar-refractivity contribution is 5.96. The molecule has 4 nitrogen and oxygen atoms in total. The van der Waals surface area contributed by atoms with Gasteiger partial charge in [-0.1, -0.05) is 102 Å². The van der Waals surface area contributed by atoms with Gasteiger partial charge in [-0.15, -0.1) is 0 Å².